The molecule has 1 aliphatic heterocycles. The summed E-state index contributed by atoms with van der Waals surface area (Å²) in [4.78, 5) is 42.9. The molecule has 0 aliphatic carbocycles. The normalized spacial score (nSPS) is 12.7. The van der Waals surface area contributed by atoms with Gasteiger partial charge in [0, 0.05) is 17.3 Å². The molecule has 10 heteroatoms. The highest BCUT2D eigenvalue weighted by Crippen LogP contribution is 2.25. The SMILES string of the molecule is COc1ccc(N2Cc3nc(=O)n(CC(=O)NCc4ccc(Cl)cc4)n3C2=O)cc1. The number of fused-ring (bicyclic) bond motifs is 1. The fraction of sp³-hybridized carbons (Fsp3) is 0.200. The summed E-state index contributed by atoms with van der Waals surface area (Å²) < 4.78 is 7.31. The van der Waals surface area contributed by atoms with E-state index in [1.165, 1.54) is 4.90 Å². The quantitative estimate of drug-likeness (QED) is 0.648. The summed E-state index contributed by atoms with van der Waals surface area (Å²) >= 11 is 5.85. The molecule has 0 atom stereocenters. The lowest BCUT2D eigenvalue weighted by molar-refractivity contribution is -0.122. The number of anilines is 1. The Morgan fingerprint density at radius 3 is 2.50 bits per heavy atom. The van der Waals surface area contributed by atoms with Crippen molar-refractivity contribution in [3.8, 4) is 5.75 Å². The number of ether oxygens (including phenoxy) is 1. The van der Waals surface area contributed by atoms with Crippen LogP contribution in [0, 0.1) is 0 Å². The molecule has 0 saturated carbocycles. The molecule has 154 valence electrons. The van der Waals surface area contributed by atoms with Gasteiger partial charge in [-0.05, 0) is 42.0 Å². The Bertz CT molecular complexity index is 1150. The Kier molecular flexibility index (Phi) is 5.28. The zero-order valence-corrected chi connectivity index (χ0v) is 16.8. The molecule has 1 aromatic heterocycles. The van der Waals surface area contributed by atoms with Crippen LogP contribution in [0.5, 0.6) is 5.75 Å². The number of hydrogen-bond acceptors (Lipinski definition) is 5. The third kappa shape index (κ3) is 3.79. The average molecular weight is 428 g/mol. The van der Waals surface area contributed by atoms with Crippen LogP contribution in [0.2, 0.25) is 5.02 Å². The first-order chi connectivity index (χ1) is 14.5. The van der Waals surface area contributed by atoms with Crippen molar-refractivity contribution in [3.63, 3.8) is 0 Å². The number of methoxy groups -OCH3 is 1. The molecule has 3 aromatic rings. The second-order valence-corrected chi connectivity index (χ2v) is 7.09. The Balaban J connectivity index is 1.48. The van der Waals surface area contributed by atoms with Crippen LogP contribution in [0.3, 0.4) is 0 Å². The fourth-order valence-corrected chi connectivity index (χ4v) is 3.30. The molecule has 2 aromatic carbocycles. The second kappa shape index (κ2) is 8.03. The zero-order chi connectivity index (χ0) is 21.3. The van der Waals surface area contributed by atoms with Crippen molar-refractivity contribution < 1.29 is 14.3 Å². The van der Waals surface area contributed by atoms with E-state index in [0.717, 1.165) is 14.9 Å². The second-order valence-electron chi connectivity index (χ2n) is 6.65. The van der Waals surface area contributed by atoms with Crippen LogP contribution in [-0.4, -0.2) is 33.4 Å². The highest BCUT2D eigenvalue weighted by atomic mass is 35.5. The Labute approximate surface area is 176 Å². The van der Waals surface area contributed by atoms with E-state index in [1.807, 2.05) is 0 Å². The van der Waals surface area contributed by atoms with E-state index in [0.29, 0.717) is 16.5 Å². The number of nitrogens with zero attached hydrogens (tertiary/aromatic N) is 4. The summed E-state index contributed by atoms with van der Waals surface area (Å²) in [6.45, 7) is 0.0963. The molecule has 4 rings (SSSR count). The maximum absolute atomic E-state index is 12.9. The topological polar surface area (TPSA) is 98.5 Å². The third-order valence-electron chi connectivity index (χ3n) is 4.72. The number of carbonyl (C=O) groups excluding carboxylic acids is 2. The van der Waals surface area contributed by atoms with Gasteiger partial charge in [0.05, 0.1) is 13.7 Å². The minimum atomic E-state index is -0.644. The van der Waals surface area contributed by atoms with Gasteiger partial charge in [0.2, 0.25) is 5.91 Å². The first-order valence-electron chi connectivity index (χ1n) is 9.12. The third-order valence-corrected chi connectivity index (χ3v) is 4.98. The van der Waals surface area contributed by atoms with Gasteiger partial charge in [-0.3, -0.25) is 9.69 Å². The number of nitrogens with one attached hydrogen (secondary N) is 1. The molecular formula is C20H18ClN5O4. The van der Waals surface area contributed by atoms with Gasteiger partial charge in [0.25, 0.3) is 0 Å². The van der Waals surface area contributed by atoms with Crippen molar-refractivity contribution in [3.05, 3.63) is 75.4 Å². The lowest BCUT2D eigenvalue weighted by Crippen LogP contribution is -2.38. The molecule has 0 fully saturated rings. The van der Waals surface area contributed by atoms with E-state index in [4.69, 9.17) is 16.3 Å². The van der Waals surface area contributed by atoms with E-state index in [9.17, 15) is 14.4 Å². The predicted octanol–water partition coefficient (Wildman–Crippen LogP) is 2.01. The lowest BCUT2D eigenvalue weighted by atomic mass is 10.2. The predicted molar refractivity (Wildman–Crippen MR) is 110 cm³/mol. The molecule has 2 amide bonds. The highest BCUT2D eigenvalue weighted by Gasteiger charge is 2.33. The molecule has 0 spiro atoms. The van der Waals surface area contributed by atoms with E-state index >= 15 is 0 Å². The van der Waals surface area contributed by atoms with Crippen molar-refractivity contribution in [2.45, 2.75) is 19.6 Å². The number of amides is 2. The molecule has 2 heterocycles. The van der Waals surface area contributed by atoms with E-state index in [1.54, 1.807) is 55.6 Å². The number of carbonyl (C=O) groups is 2. The van der Waals surface area contributed by atoms with Crippen molar-refractivity contribution in [1.29, 1.82) is 0 Å². The smallest absolute Gasteiger partial charge is 0.365 e. The van der Waals surface area contributed by atoms with Crippen LogP contribution in [0.1, 0.15) is 11.4 Å². The van der Waals surface area contributed by atoms with Gasteiger partial charge in [-0.25, -0.2) is 14.3 Å². The Morgan fingerprint density at radius 2 is 1.83 bits per heavy atom. The van der Waals surface area contributed by atoms with Crippen LogP contribution in [0.25, 0.3) is 0 Å². The summed E-state index contributed by atoms with van der Waals surface area (Å²) in [5.74, 6) is 0.536. The van der Waals surface area contributed by atoms with Crippen molar-refractivity contribution in [2.75, 3.05) is 12.0 Å². The van der Waals surface area contributed by atoms with Gasteiger partial charge in [-0.1, -0.05) is 23.7 Å². The fourth-order valence-electron chi connectivity index (χ4n) is 3.18. The molecule has 1 aliphatic rings. The van der Waals surface area contributed by atoms with Gasteiger partial charge in [0.15, 0.2) is 5.82 Å². The Hall–Kier alpha value is -3.59. The van der Waals surface area contributed by atoms with Crippen molar-refractivity contribution in [2.24, 2.45) is 0 Å². The lowest BCUT2D eigenvalue weighted by Gasteiger charge is -2.16. The molecule has 0 bridgehead atoms. The maximum atomic E-state index is 12.9. The van der Waals surface area contributed by atoms with Gasteiger partial charge in [0.1, 0.15) is 12.3 Å². The van der Waals surface area contributed by atoms with Crippen LogP contribution >= 0.6 is 11.6 Å². The maximum Gasteiger partial charge on any atom is 0.365 e. The van der Waals surface area contributed by atoms with E-state index < -0.39 is 17.6 Å². The number of rotatable bonds is 6. The van der Waals surface area contributed by atoms with Crippen LogP contribution in [0.4, 0.5) is 10.5 Å². The minimum absolute atomic E-state index is 0.139. The van der Waals surface area contributed by atoms with Crippen LogP contribution in [-0.2, 0) is 24.4 Å². The molecule has 0 unspecified atom stereocenters. The van der Waals surface area contributed by atoms with Crippen LogP contribution in [0.15, 0.2) is 53.3 Å². The van der Waals surface area contributed by atoms with Crippen molar-refractivity contribution in [1.82, 2.24) is 19.7 Å². The summed E-state index contributed by atoms with van der Waals surface area (Å²) in [7, 11) is 1.56. The van der Waals surface area contributed by atoms with Crippen molar-refractivity contribution >= 4 is 29.2 Å². The van der Waals surface area contributed by atoms with Crippen LogP contribution < -0.4 is 20.6 Å². The number of hydrogen-bond donors (Lipinski definition) is 1. The first kappa shape index (κ1) is 19.7. The zero-order valence-electron chi connectivity index (χ0n) is 16.0. The average Bonchev–Trinajstić information content (AvgIpc) is 3.23. The molecule has 0 saturated heterocycles. The van der Waals surface area contributed by atoms with E-state index in [-0.39, 0.29) is 25.5 Å². The number of aromatic nitrogens is 3. The van der Waals surface area contributed by atoms with E-state index in [2.05, 4.69) is 10.3 Å². The summed E-state index contributed by atoms with van der Waals surface area (Å²) in [5.41, 5.74) is 0.854. The minimum Gasteiger partial charge on any atom is -0.497 e. The standard InChI is InChI=1S/C20H18ClN5O4/c1-30-16-8-6-15(7-9-16)24-11-17-23-19(28)25(26(17)20(24)29)12-18(27)22-10-13-2-4-14(21)5-3-13/h2-9H,10-12H2,1H3,(H,22,27). The number of halogens is 1. The Morgan fingerprint density at radius 1 is 1.13 bits per heavy atom. The molecular weight excluding hydrogens is 410 g/mol. The largest absolute Gasteiger partial charge is 0.497 e. The molecule has 30 heavy (non-hydrogen) atoms. The van der Waals surface area contributed by atoms with Gasteiger partial charge >= 0.3 is 11.7 Å². The summed E-state index contributed by atoms with van der Waals surface area (Å²) in [6, 6.07) is 13.5. The molecule has 1 N–H and O–H groups in total. The summed E-state index contributed by atoms with van der Waals surface area (Å²) in [6.07, 6.45) is 0. The van der Waals surface area contributed by atoms with Gasteiger partial charge < -0.3 is 10.1 Å². The molecule has 9 nitrogen and oxygen atoms in total. The summed E-state index contributed by atoms with van der Waals surface area (Å²) in [5, 5.41) is 3.33. The first-order valence-corrected chi connectivity index (χ1v) is 9.50. The highest BCUT2D eigenvalue weighted by molar-refractivity contribution is 6.30. The van der Waals surface area contributed by atoms with Gasteiger partial charge in [-0.15, -0.1) is 0 Å². The molecule has 0 radical (unpaired) electrons. The monoisotopic (exact) mass is 427 g/mol. The number of benzene rings is 2. The van der Waals surface area contributed by atoms with Gasteiger partial charge in [-0.2, -0.15) is 9.67 Å².